The summed E-state index contributed by atoms with van der Waals surface area (Å²) < 4.78 is 33.7. The molecule has 9 heteroatoms. The predicted octanol–water partition coefficient (Wildman–Crippen LogP) is 1.28. The van der Waals surface area contributed by atoms with Gasteiger partial charge in [0.05, 0.1) is 18.1 Å². The van der Waals surface area contributed by atoms with Crippen molar-refractivity contribution in [1.82, 2.24) is 10.6 Å². The van der Waals surface area contributed by atoms with Crippen LogP contribution in [0.25, 0.3) is 0 Å². The zero-order chi connectivity index (χ0) is 16.3. The van der Waals surface area contributed by atoms with Crippen molar-refractivity contribution in [3.8, 4) is 11.5 Å². The lowest BCUT2D eigenvalue weighted by atomic mass is 10.2. The van der Waals surface area contributed by atoms with Crippen molar-refractivity contribution < 1.29 is 17.9 Å². The van der Waals surface area contributed by atoms with Crippen molar-refractivity contribution in [2.24, 2.45) is 4.99 Å². The van der Waals surface area contributed by atoms with Gasteiger partial charge in [-0.1, -0.05) is 6.07 Å². The van der Waals surface area contributed by atoms with Gasteiger partial charge >= 0.3 is 0 Å². The molecule has 1 atom stereocenters. The molecule has 3 rings (SSSR count). The van der Waals surface area contributed by atoms with E-state index in [-0.39, 0.29) is 48.3 Å². The summed E-state index contributed by atoms with van der Waals surface area (Å²) in [6.07, 6.45) is 0.622. The summed E-state index contributed by atoms with van der Waals surface area (Å²) in [5, 5.41) is 6.35. The summed E-state index contributed by atoms with van der Waals surface area (Å²) in [7, 11) is -2.91. The van der Waals surface area contributed by atoms with Crippen molar-refractivity contribution in [3.63, 3.8) is 0 Å². The van der Waals surface area contributed by atoms with Crippen molar-refractivity contribution in [1.29, 1.82) is 0 Å². The standard InChI is InChI=1S/C15H21N3O4S.HI/c1-2-16-15(18-12-5-6-23(19,20)9-12)17-8-11-3-4-13-14(7-11)22-10-21-13;/h3-4,7,12H,2,5-6,8-10H2,1H3,(H2,16,17,18);1H. The SMILES string of the molecule is CCNC(=NCc1ccc2c(c1)OCO2)NC1CCS(=O)(=O)C1.I. The number of nitrogens with zero attached hydrogens (tertiary/aromatic N) is 1. The molecule has 1 aromatic rings. The number of sulfone groups is 1. The van der Waals surface area contributed by atoms with E-state index < -0.39 is 9.84 Å². The second-order valence-electron chi connectivity index (χ2n) is 5.63. The number of nitrogens with one attached hydrogen (secondary N) is 2. The van der Waals surface area contributed by atoms with E-state index in [9.17, 15) is 8.42 Å². The molecule has 1 unspecified atom stereocenters. The normalized spacial score (nSPS) is 21.2. The Bertz CT molecular complexity index is 709. The molecule has 7 nitrogen and oxygen atoms in total. The Balaban J connectivity index is 0.00000208. The smallest absolute Gasteiger partial charge is 0.231 e. The fourth-order valence-electron chi connectivity index (χ4n) is 2.63. The van der Waals surface area contributed by atoms with Gasteiger partial charge in [0.2, 0.25) is 6.79 Å². The minimum atomic E-state index is -2.91. The fourth-order valence-corrected chi connectivity index (χ4v) is 4.31. The van der Waals surface area contributed by atoms with Crippen LogP contribution in [0.5, 0.6) is 11.5 Å². The third-order valence-corrected chi connectivity index (χ3v) is 5.54. The van der Waals surface area contributed by atoms with Crippen LogP contribution >= 0.6 is 24.0 Å². The van der Waals surface area contributed by atoms with Crippen LogP contribution in [0.4, 0.5) is 0 Å². The number of ether oxygens (including phenoxy) is 2. The minimum absolute atomic E-state index is 0. The molecule has 0 amide bonds. The summed E-state index contributed by atoms with van der Waals surface area (Å²) in [5.41, 5.74) is 1.01. The van der Waals surface area contributed by atoms with Gasteiger partial charge < -0.3 is 20.1 Å². The Morgan fingerprint density at radius 1 is 1.33 bits per heavy atom. The molecular weight excluding hydrogens is 445 g/mol. The summed E-state index contributed by atoms with van der Waals surface area (Å²) in [5.74, 6) is 2.52. The van der Waals surface area contributed by atoms with Crippen LogP contribution in [-0.4, -0.2) is 45.3 Å². The maximum Gasteiger partial charge on any atom is 0.231 e. The van der Waals surface area contributed by atoms with Crippen LogP contribution in [0, 0.1) is 0 Å². The quantitative estimate of drug-likeness (QED) is 0.394. The van der Waals surface area contributed by atoms with E-state index >= 15 is 0 Å². The van der Waals surface area contributed by atoms with Gasteiger partial charge in [-0.2, -0.15) is 0 Å². The van der Waals surface area contributed by atoms with Gasteiger partial charge in [-0.25, -0.2) is 13.4 Å². The predicted molar refractivity (Wildman–Crippen MR) is 103 cm³/mol. The van der Waals surface area contributed by atoms with Crippen LogP contribution in [0.1, 0.15) is 18.9 Å². The molecule has 2 heterocycles. The van der Waals surface area contributed by atoms with Gasteiger partial charge in [0.15, 0.2) is 27.3 Å². The molecule has 24 heavy (non-hydrogen) atoms. The summed E-state index contributed by atoms with van der Waals surface area (Å²) in [6, 6.07) is 5.65. The first-order valence-electron chi connectivity index (χ1n) is 7.69. The Kier molecular flexibility index (Phi) is 6.55. The van der Waals surface area contributed by atoms with Crippen molar-refractivity contribution >= 4 is 39.8 Å². The summed E-state index contributed by atoms with van der Waals surface area (Å²) >= 11 is 0. The largest absolute Gasteiger partial charge is 0.454 e. The van der Waals surface area contributed by atoms with Gasteiger partial charge in [0, 0.05) is 12.6 Å². The third kappa shape index (κ3) is 4.88. The summed E-state index contributed by atoms with van der Waals surface area (Å²) in [4.78, 5) is 4.52. The highest BCUT2D eigenvalue weighted by molar-refractivity contribution is 14.0. The number of guanidine groups is 1. The second-order valence-corrected chi connectivity index (χ2v) is 7.86. The van der Waals surface area contributed by atoms with Crippen LogP contribution in [0.15, 0.2) is 23.2 Å². The molecule has 0 spiro atoms. The lowest BCUT2D eigenvalue weighted by Crippen LogP contribution is -2.44. The Morgan fingerprint density at radius 3 is 2.83 bits per heavy atom. The molecular formula is C15H22IN3O4S. The molecule has 1 fully saturated rings. The molecule has 2 aliphatic heterocycles. The Labute approximate surface area is 159 Å². The number of fused-ring (bicyclic) bond motifs is 1. The Hall–Kier alpha value is -1.23. The molecule has 1 saturated heterocycles. The molecule has 1 aromatic carbocycles. The topological polar surface area (TPSA) is 89.0 Å². The van der Waals surface area contributed by atoms with Gasteiger partial charge in [-0.3, -0.25) is 0 Å². The minimum Gasteiger partial charge on any atom is -0.454 e. The number of rotatable bonds is 4. The van der Waals surface area contributed by atoms with Crippen LogP contribution in [-0.2, 0) is 16.4 Å². The van der Waals surface area contributed by atoms with Gasteiger partial charge in [-0.05, 0) is 31.0 Å². The maximum absolute atomic E-state index is 11.5. The highest BCUT2D eigenvalue weighted by Gasteiger charge is 2.28. The summed E-state index contributed by atoms with van der Waals surface area (Å²) in [6.45, 7) is 3.42. The molecule has 2 aliphatic rings. The molecule has 134 valence electrons. The van der Waals surface area contributed by atoms with E-state index in [1.807, 2.05) is 25.1 Å². The zero-order valence-corrected chi connectivity index (χ0v) is 16.6. The van der Waals surface area contributed by atoms with Gasteiger partial charge in [-0.15, -0.1) is 24.0 Å². The monoisotopic (exact) mass is 467 g/mol. The molecule has 0 saturated carbocycles. The second kappa shape index (κ2) is 8.24. The first-order valence-corrected chi connectivity index (χ1v) is 9.51. The molecule has 0 bridgehead atoms. The average Bonchev–Trinajstić information content (AvgIpc) is 3.10. The van der Waals surface area contributed by atoms with Crippen molar-refractivity contribution in [3.05, 3.63) is 23.8 Å². The highest BCUT2D eigenvalue weighted by Crippen LogP contribution is 2.32. The molecule has 0 aromatic heterocycles. The Morgan fingerprint density at radius 2 is 2.12 bits per heavy atom. The van der Waals surface area contributed by atoms with E-state index in [4.69, 9.17) is 9.47 Å². The molecule has 0 radical (unpaired) electrons. The van der Waals surface area contributed by atoms with E-state index in [0.29, 0.717) is 25.5 Å². The van der Waals surface area contributed by atoms with E-state index in [1.54, 1.807) is 0 Å². The zero-order valence-electron chi connectivity index (χ0n) is 13.4. The van der Waals surface area contributed by atoms with Crippen LogP contribution in [0.3, 0.4) is 0 Å². The van der Waals surface area contributed by atoms with Crippen molar-refractivity contribution in [2.45, 2.75) is 25.9 Å². The number of hydrogen-bond donors (Lipinski definition) is 2. The average molecular weight is 467 g/mol. The number of hydrogen-bond acceptors (Lipinski definition) is 5. The van der Waals surface area contributed by atoms with Crippen LogP contribution < -0.4 is 20.1 Å². The number of halogens is 1. The third-order valence-electron chi connectivity index (χ3n) is 3.77. The van der Waals surface area contributed by atoms with Gasteiger partial charge in [0.1, 0.15) is 0 Å². The molecule has 0 aliphatic carbocycles. The number of aliphatic imine (C=N–C) groups is 1. The lowest BCUT2D eigenvalue weighted by Gasteiger charge is -2.15. The van der Waals surface area contributed by atoms with E-state index in [0.717, 1.165) is 17.1 Å². The van der Waals surface area contributed by atoms with E-state index in [1.165, 1.54) is 0 Å². The molecule has 2 N–H and O–H groups in total. The van der Waals surface area contributed by atoms with Gasteiger partial charge in [0.25, 0.3) is 0 Å². The first-order chi connectivity index (χ1) is 11.1. The van der Waals surface area contributed by atoms with Crippen LogP contribution in [0.2, 0.25) is 0 Å². The number of benzene rings is 1. The first kappa shape index (κ1) is 19.1. The lowest BCUT2D eigenvalue weighted by molar-refractivity contribution is 0.174. The highest BCUT2D eigenvalue weighted by atomic mass is 127. The van der Waals surface area contributed by atoms with Crippen molar-refractivity contribution in [2.75, 3.05) is 24.8 Å². The van der Waals surface area contributed by atoms with E-state index in [2.05, 4.69) is 15.6 Å². The maximum atomic E-state index is 11.5. The fraction of sp³-hybridized carbons (Fsp3) is 0.533.